The molecule has 3 fully saturated rings. The van der Waals surface area contributed by atoms with Gasteiger partial charge in [-0.15, -0.1) is 0 Å². The predicted molar refractivity (Wildman–Crippen MR) is 71.3 cm³/mol. The SMILES string of the molecule is N#C[C@H](C[C@@H]1CCNC1=O)NC(=O)[C@H]1NCC2CCC21. The number of nitriles is 1. The molecule has 3 rings (SSSR count). The molecule has 20 heavy (non-hydrogen) atoms. The number of carbonyl (C=O) groups is 2. The van der Waals surface area contributed by atoms with Crippen LogP contribution in [0.1, 0.15) is 25.7 Å². The fourth-order valence-corrected chi connectivity index (χ4v) is 3.56. The fourth-order valence-electron chi connectivity index (χ4n) is 3.56. The number of hydrogen-bond acceptors (Lipinski definition) is 4. The lowest BCUT2D eigenvalue weighted by Gasteiger charge is -2.32. The highest BCUT2D eigenvalue weighted by molar-refractivity contribution is 5.84. The quantitative estimate of drug-likeness (QED) is 0.646. The molecule has 0 aromatic carbocycles. The van der Waals surface area contributed by atoms with E-state index in [1.165, 1.54) is 6.42 Å². The molecule has 6 nitrogen and oxygen atoms in total. The van der Waals surface area contributed by atoms with Crippen LogP contribution in [0.2, 0.25) is 0 Å². The van der Waals surface area contributed by atoms with Gasteiger partial charge in [-0.05, 0) is 44.1 Å². The molecule has 2 aliphatic heterocycles. The van der Waals surface area contributed by atoms with Crippen molar-refractivity contribution in [3.8, 4) is 6.07 Å². The summed E-state index contributed by atoms with van der Waals surface area (Å²) in [6, 6.07) is 1.39. The van der Waals surface area contributed by atoms with E-state index in [0.717, 1.165) is 19.4 Å². The topological polar surface area (TPSA) is 94.0 Å². The van der Waals surface area contributed by atoms with Crippen molar-refractivity contribution in [3.05, 3.63) is 0 Å². The van der Waals surface area contributed by atoms with Crippen LogP contribution >= 0.6 is 0 Å². The van der Waals surface area contributed by atoms with Crippen LogP contribution in [0.4, 0.5) is 0 Å². The Bertz CT molecular complexity index is 459. The van der Waals surface area contributed by atoms with Crippen molar-refractivity contribution in [1.82, 2.24) is 16.0 Å². The molecule has 5 atom stereocenters. The molecular weight excluding hydrogens is 256 g/mol. The first kappa shape index (κ1) is 13.4. The molecule has 108 valence electrons. The summed E-state index contributed by atoms with van der Waals surface area (Å²) in [7, 11) is 0. The van der Waals surface area contributed by atoms with E-state index in [1.54, 1.807) is 0 Å². The molecule has 3 N–H and O–H groups in total. The summed E-state index contributed by atoms with van der Waals surface area (Å²) in [5, 5.41) is 18.0. The van der Waals surface area contributed by atoms with E-state index in [2.05, 4.69) is 22.0 Å². The van der Waals surface area contributed by atoms with Crippen LogP contribution in [0, 0.1) is 29.1 Å². The normalized spacial score (nSPS) is 36.5. The summed E-state index contributed by atoms with van der Waals surface area (Å²) >= 11 is 0. The van der Waals surface area contributed by atoms with Gasteiger partial charge in [-0.3, -0.25) is 9.59 Å². The molecule has 0 spiro atoms. The summed E-state index contributed by atoms with van der Waals surface area (Å²) in [5.41, 5.74) is 0. The maximum absolute atomic E-state index is 12.2. The third kappa shape index (κ3) is 2.38. The van der Waals surface area contributed by atoms with Gasteiger partial charge in [0.25, 0.3) is 0 Å². The fraction of sp³-hybridized carbons (Fsp3) is 0.786. The Morgan fingerprint density at radius 2 is 2.30 bits per heavy atom. The lowest BCUT2D eigenvalue weighted by molar-refractivity contribution is -0.126. The van der Waals surface area contributed by atoms with E-state index in [1.807, 2.05) is 0 Å². The Labute approximate surface area is 118 Å². The summed E-state index contributed by atoms with van der Waals surface area (Å²) in [5.74, 6) is 0.837. The molecule has 1 saturated carbocycles. The van der Waals surface area contributed by atoms with E-state index in [0.29, 0.717) is 24.8 Å². The van der Waals surface area contributed by atoms with Crippen LogP contribution in [0.25, 0.3) is 0 Å². The van der Waals surface area contributed by atoms with Crippen LogP contribution in [0.15, 0.2) is 0 Å². The zero-order valence-corrected chi connectivity index (χ0v) is 11.4. The molecule has 6 heteroatoms. The van der Waals surface area contributed by atoms with Gasteiger partial charge in [0, 0.05) is 12.5 Å². The Kier molecular flexibility index (Phi) is 3.62. The van der Waals surface area contributed by atoms with E-state index >= 15 is 0 Å². The second-order valence-electron chi connectivity index (χ2n) is 6.09. The van der Waals surface area contributed by atoms with Crippen molar-refractivity contribution < 1.29 is 9.59 Å². The third-order valence-corrected chi connectivity index (χ3v) is 4.94. The number of hydrogen-bond donors (Lipinski definition) is 3. The first-order chi connectivity index (χ1) is 9.69. The number of fused-ring (bicyclic) bond motifs is 1. The van der Waals surface area contributed by atoms with Gasteiger partial charge in [0.1, 0.15) is 6.04 Å². The van der Waals surface area contributed by atoms with E-state index < -0.39 is 6.04 Å². The molecular formula is C14H20N4O2. The minimum atomic E-state index is -0.572. The average Bonchev–Trinajstić information content (AvgIpc) is 2.92. The van der Waals surface area contributed by atoms with Crippen LogP contribution < -0.4 is 16.0 Å². The van der Waals surface area contributed by atoms with E-state index in [-0.39, 0.29) is 23.8 Å². The highest BCUT2D eigenvalue weighted by Gasteiger charge is 2.45. The summed E-state index contributed by atoms with van der Waals surface area (Å²) in [6.45, 7) is 1.58. The number of nitrogens with zero attached hydrogens (tertiary/aromatic N) is 1. The minimum absolute atomic E-state index is 0.00227. The summed E-state index contributed by atoms with van der Waals surface area (Å²) in [6.07, 6.45) is 3.46. The molecule has 0 aromatic heterocycles. The first-order valence-corrected chi connectivity index (χ1v) is 7.40. The van der Waals surface area contributed by atoms with Crippen molar-refractivity contribution in [2.45, 2.75) is 37.8 Å². The van der Waals surface area contributed by atoms with Crippen molar-refractivity contribution in [3.63, 3.8) is 0 Å². The van der Waals surface area contributed by atoms with Gasteiger partial charge in [0.2, 0.25) is 11.8 Å². The second-order valence-corrected chi connectivity index (χ2v) is 6.09. The van der Waals surface area contributed by atoms with E-state index in [4.69, 9.17) is 0 Å². The number of nitrogens with one attached hydrogen (secondary N) is 3. The second kappa shape index (κ2) is 5.41. The maximum Gasteiger partial charge on any atom is 0.238 e. The average molecular weight is 276 g/mol. The van der Waals surface area contributed by atoms with Gasteiger partial charge in [0.15, 0.2) is 0 Å². The number of carbonyl (C=O) groups excluding carboxylic acids is 2. The van der Waals surface area contributed by atoms with Crippen LogP contribution in [-0.4, -0.2) is 37.0 Å². The van der Waals surface area contributed by atoms with Gasteiger partial charge in [-0.1, -0.05) is 0 Å². The molecule has 2 heterocycles. The Hall–Kier alpha value is -1.61. The predicted octanol–water partition coefficient (Wildman–Crippen LogP) is -0.481. The van der Waals surface area contributed by atoms with Crippen molar-refractivity contribution in [1.29, 1.82) is 5.26 Å². The first-order valence-electron chi connectivity index (χ1n) is 7.40. The summed E-state index contributed by atoms with van der Waals surface area (Å²) in [4.78, 5) is 23.8. The smallest absolute Gasteiger partial charge is 0.238 e. The molecule has 2 unspecified atom stereocenters. The van der Waals surface area contributed by atoms with Crippen LogP contribution in [0.3, 0.4) is 0 Å². The number of amides is 2. The Balaban J connectivity index is 1.53. The van der Waals surface area contributed by atoms with Crippen LogP contribution in [0.5, 0.6) is 0 Å². The monoisotopic (exact) mass is 276 g/mol. The standard InChI is InChI=1S/C14H20N4O2/c15-6-10(5-8-3-4-16-13(8)19)18-14(20)12-11-2-1-9(11)7-17-12/h8-12,17H,1-5,7H2,(H,16,19)(H,18,20)/t8-,9?,10-,11?,12-/m0/s1. The van der Waals surface area contributed by atoms with Crippen molar-refractivity contribution in [2.24, 2.45) is 17.8 Å². The van der Waals surface area contributed by atoms with Crippen molar-refractivity contribution in [2.75, 3.05) is 13.1 Å². The van der Waals surface area contributed by atoms with Gasteiger partial charge in [0.05, 0.1) is 12.1 Å². The molecule has 1 aliphatic carbocycles. The van der Waals surface area contributed by atoms with Crippen molar-refractivity contribution >= 4 is 11.8 Å². The molecule has 2 amide bonds. The Morgan fingerprint density at radius 1 is 1.45 bits per heavy atom. The zero-order valence-electron chi connectivity index (χ0n) is 11.4. The molecule has 0 radical (unpaired) electrons. The maximum atomic E-state index is 12.2. The van der Waals surface area contributed by atoms with E-state index in [9.17, 15) is 14.9 Å². The van der Waals surface area contributed by atoms with Gasteiger partial charge < -0.3 is 16.0 Å². The van der Waals surface area contributed by atoms with Gasteiger partial charge in [-0.25, -0.2) is 0 Å². The third-order valence-electron chi connectivity index (χ3n) is 4.94. The minimum Gasteiger partial charge on any atom is -0.356 e. The Morgan fingerprint density at radius 3 is 2.85 bits per heavy atom. The lowest BCUT2D eigenvalue weighted by atomic mass is 9.73. The van der Waals surface area contributed by atoms with Gasteiger partial charge >= 0.3 is 0 Å². The highest BCUT2D eigenvalue weighted by Crippen LogP contribution is 2.40. The molecule has 3 aliphatic rings. The molecule has 0 bridgehead atoms. The highest BCUT2D eigenvalue weighted by atomic mass is 16.2. The largest absolute Gasteiger partial charge is 0.356 e. The van der Waals surface area contributed by atoms with Crippen LogP contribution in [-0.2, 0) is 9.59 Å². The summed E-state index contributed by atoms with van der Waals surface area (Å²) < 4.78 is 0. The van der Waals surface area contributed by atoms with Gasteiger partial charge in [-0.2, -0.15) is 5.26 Å². The zero-order chi connectivity index (χ0) is 14.1. The number of rotatable bonds is 4. The molecule has 2 saturated heterocycles. The molecule has 0 aromatic rings. The lowest BCUT2D eigenvalue weighted by Crippen LogP contribution is -2.49.